The molecule has 0 fully saturated rings. The van der Waals surface area contributed by atoms with Crippen molar-refractivity contribution in [3.05, 3.63) is 71.4 Å². The van der Waals surface area contributed by atoms with Gasteiger partial charge in [-0.2, -0.15) is 9.61 Å². The fourth-order valence-electron chi connectivity index (χ4n) is 3.21. The summed E-state index contributed by atoms with van der Waals surface area (Å²) in [6.45, 7) is 0.848. The SMILES string of the molecule is [B]c1cnn2c(NCCNC(=O)c3ccccc3OC)cc(-c3ccccc3Cl)nc12. The van der Waals surface area contributed by atoms with Gasteiger partial charge >= 0.3 is 0 Å². The third kappa shape index (κ3) is 4.34. The van der Waals surface area contributed by atoms with Crippen LogP contribution in [0.1, 0.15) is 10.4 Å². The topological polar surface area (TPSA) is 80.5 Å². The highest BCUT2D eigenvalue weighted by Crippen LogP contribution is 2.28. The Morgan fingerprint density at radius 1 is 1.16 bits per heavy atom. The van der Waals surface area contributed by atoms with E-state index in [0.29, 0.717) is 52.0 Å². The minimum atomic E-state index is -0.209. The molecule has 4 rings (SSSR count). The molecule has 2 heterocycles. The van der Waals surface area contributed by atoms with Crippen molar-refractivity contribution in [2.45, 2.75) is 0 Å². The lowest BCUT2D eigenvalue weighted by molar-refractivity contribution is 0.0952. The van der Waals surface area contributed by atoms with E-state index in [1.54, 1.807) is 28.9 Å². The summed E-state index contributed by atoms with van der Waals surface area (Å²) in [6.07, 6.45) is 1.55. The number of halogens is 1. The highest BCUT2D eigenvalue weighted by Gasteiger charge is 2.13. The average molecular weight is 432 g/mol. The van der Waals surface area contributed by atoms with E-state index in [1.807, 2.05) is 36.4 Å². The summed E-state index contributed by atoms with van der Waals surface area (Å²) in [6, 6.07) is 16.4. The second kappa shape index (κ2) is 9.10. The number of hydrogen-bond acceptors (Lipinski definition) is 5. The number of carbonyl (C=O) groups excluding carboxylic acids is 1. The first-order valence-corrected chi connectivity index (χ1v) is 10.0. The van der Waals surface area contributed by atoms with Crippen molar-refractivity contribution in [2.75, 3.05) is 25.5 Å². The third-order valence-corrected chi connectivity index (χ3v) is 5.05. The van der Waals surface area contributed by atoms with Gasteiger partial charge in [-0.1, -0.05) is 41.9 Å². The van der Waals surface area contributed by atoms with Gasteiger partial charge in [0, 0.05) is 35.9 Å². The summed E-state index contributed by atoms with van der Waals surface area (Å²) in [7, 11) is 7.58. The number of amides is 1. The van der Waals surface area contributed by atoms with Gasteiger partial charge in [0.1, 0.15) is 19.4 Å². The predicted molar refractivity (Wildman–Crippen MR) is 123 cm³/mol. The fourth-order valence-corrected chi connectivity index (χ4v) is 3.44. The van der Waals surface area contributed by atoms with Crippen LogP contribution in [0.3, 0.4) is 0 Å². The van der Waals surface area contributed by atoms with Gasteiger partial charge in [0.25, 0.3) is 5.91 Å². The first-order chi connectivity index (χ1) is 15.1. The number of ether oxygens (including phenoxy) is 1. The van der Waals surface area contributed by atoms with Gasteiger partial charge in [-0.25, -0.2) is 4.98 Å². The predicted octanol–water partition coefficient (Wildman–Crippen LogP) is 2.69. The van der Waals surface area contributed by atoms with Crippen molar-refractivity contribution in [3.63, 3.8) is 0 Å². The Morgan fingerprint density at radius 2 is 1.94 bits per heavy atom. The molecule has 0 unspecified atom stereocenters. The molecule has 0 spiro atoms. The van der Waals surface area contributed by atoms with Gasteiger partial charge in [-0.15, -0.1) is 0 Å². The largest absolute Gasteiger partial charge is 0.496 e. The maximum absolute atomic E-state index is 12.5. The lowest BCUT2D eigenvalue weighted by Gasteiger charge is -2.13. The molecule has 0 aliphatic heterocycles. The van der Waals surface area contributed by atoms with Crippen molar-refractivity contribution in [2.24, 2.45) is 0 Å². The number of methoxy groups -OCH3 is 1. The van der Waals surface area contributed by atoms with Crippen LogP contribution in [0, 0.1) is 0 Å². The van der Waals surface area contributed by atoms with Gasteiger partial charge in [0.15, 0.2) is 5.65 Å². The van der Waals surface area contributed by atoms with Crippen LogP contribution in [0.4, 0.5) is 5.82 Å². The van der Waals surface area contributed by atoms with E-state index in [1.165, 1.54) is 7.11 Å². The molecule has 2 radical (unpaired) electrons. The molecular formula is C22H19BClN5O2. The standard InChI is InChI=1S/C22H19BClN5O2/c1-31-19-9-5-3-7-15(19)22(30)26-11-10-25-20-12-18(14-6-2-4-8-17(14)24)28-21-16(23)13-27-29(20)21/h2-9,12-13,25H,10-11H2,1H3,(H,26,30). The van der Waals surface area contributed by atoms with Crippen LogP contribution in [0.2, 0.25) is 5.02 Å². The van der Waals surface area contributed by atoms with Crippen LogP contribution in [0.5, 0.6) is 5.75 Å². The van der Waals surface area contributed by atoms with Crippen LogP contribution in [0.15, 0.2) is 60.8 Å². The number of anilines is 1. The summed E-state index contributed by atoms with van der Waals surface area (Å²) in [5, 5.41) is 11.0. The minimum Gasteiger partial charge on any atom is -0.496 e. The lowest BCUT2D eigenvalue weighted by Crippen LogP contribution is -2.29. The number of fused-ring (bicyclic) bond motifs is 1. The van der Waals surface area contributed by atoms with Crippen LogP contribution < -0.4 is 20.8 Å². The maximum atomic E-state index is 12.5. The number of rotatable bonds is 7. The molecule has 0 atom stereocenters. The number of carbonyl (C=O) groups is 1. The van der Waals surface area contributed by atoms with E-state index in [0.717, 1.165) is 5.56 Å². The number of aromatic nitrogens is 3. The van der Waals surface area contributed by atoms with E-state index in [2.05, 4.69) is 20.7 Å². The Labute approximate surface area is 185 Å². The van der Waals surface area contributed by atoms with E-state index in [4.69, 9.17) is 24.2 Å². The molecule has 2 N–H and O–H groups in total. The summed E-state index contributed by atoms with van der Waals surface area (Å²) < 4.78 is 6.86. The molecule has 7 nitrogen and oxygen atoms in total. The summed E-state index contributed by atoms with van der Waals surface area (Å²) in [4.78, 5) is 17.1. The minimum absolute atomic E-state index is 0.209. The van der Waals surface area contributed by atoms with Crippen molar-refractivity contribution < 1.29 is 9.53 Å². The Morgan fingerprint density at radius 3 is 2.74 bits per heavy atom. The third-order valence-electron chi connectivity index (χ3n) is 4.72. The number of hydrogen-bond donors (Lipinski definition) is 2. The lowest BCUT2D eigenvalue weighted by atomic mass is 10.0. The fraction of sp³-hybridized carbons (Fsp3) is 0.136. The van der Waals surface area contributed by atoms with Crippen molar-refractivity contribution in [1.29, 1.82) is 0 Å². The average Bonchev–Trinajstić information content (AvgIpc) is 3.17. The van der Waals surface area contributed by atoms with Crippen molar-refractivity contribution in [3.8, 4) is 17.0 Å². The molecule has 0 saturated heterocycles. The second-order valence-electron chi connectivity index (χ2n) is 6.72. The summed E-state index contributed by atoms with van der Waals surface area (Å²) in [5.74, 6) is 1.00. The molecule has 4 aromatic rings. The molecule has 1 amide bonds. The quantitative estimate of drug-likeness (QED) is 0.347. The molecule has 2 aromatic heterocycles. The highest BCUT2D eigenvalue weighted by atomic mass is 35.5. The second-order valence-corrected chi connectivity index (χ2v) is 7.13. The smallest absolute Gasteiger partial charge is 0.255 e. The number of benzene rings is 2. The van der Waals surface area contributed by atoms with Crippen molar-refractivity contribution in [1.82, 2.24) is 19.9 Å². The zero-order valence-electron chi connectivity index (χ0n) is 16.8. The molecule has 0 saturated carbocycles. The van der Waals surface area contributed by atoms with Gasteiger partial charge in [-0.05, 0) is 23.7 Å². The van der Waals surface area contributed by atoms with Crippen LogP contribution in [-0.2, 0) is 0 Å². The van der Waals surface area contributed by atoms with Crippen molar-refractivity contribution >= 4 is 42.3 Å². The van der Waals surface area contributed by atoms with E-state index >= 15 is 0 Å². The molecule has 9 heteroatoms. The normalized spacial score (nSPS) is 10.8. The van der Waals surface area contributed by atoms with E-state index in [9.17, 15) is 4.79 Å². The number of para-hydroxylation sites is 1. The van der Waals surface area contributed by atoms with Crippen LogP contribution in [-0.4, -0.2) is 48.6 Å². The molecule has 154 valence electrons. The molecule has 2 aromatic carbocycles. The van der Waals surface area contributed by atoms with Gasteiger partial charge in [0.05, 0.1) is 18.4 Å². The van der Waals surface area contributed by atoms with Crippen LogP contribution in [0.25, 0.3) is 16.9 Å². The van der Waals surface area contributed by atoms with Gasteiger partial charge < -0.3 is 15.4 Å². The van der Waals surface area contributed by atoms with Gasteiger partial charge in [-0.3, -0.25) is 4.79 Å². The Hall–Kier alpha value is -3.52. The highest BCUT2D eigenvalue weighted by molar-refractivity contribution is 6.36. The molecule has 0 bridgehead atoms. The molecule has 0 aliphatic carbocycles. The number of nitrogens with zero attached hydrogens (tertiary/aromatic N) is 3. The zero-order valence-corrected chi connectivity index (χ0v) is 17.6. The maximum Gasteiger partial charge on any atom is 0.255 e. The number of nitrogens with one attached hydrogen (secondary N) is 2. The summed E-state index contributed by atoms with van der Waals surface area (Å²) in [5.41, 5.74) is 2.93. The molecule has 31 heavy (non-hydrogen) atoms. The Bertz CT molecular complexity index is 1240. The molecular weight excluding hydrogens is 413 g/mol. The summed E-state index contributed by atoms with van der Waals surface area (Å²) >= 11 is 6.35. The van der Waals surface area contributed by atoms with Crippen LogP contribution >= 0.6 is 11.6 Å². The Kier molecular flexibility index (Phi) is 6.09. The first kappa shape index (κ1) is 20.7. The van der Waals surface area contributed by atoms with E-state index in [-0.39, 0.29) is 5.91 Å². The van der Waals surface area contributed by atoms with Gasteiger partial charge in [0.2, 0.25) is 0 Å². The van der Waals surface area contributed by atoms with E-state index < -0.39 is 0 Å². The monoisotopic (exact) mass is 431 g/mol. The molecule has 0 aliphatic rings. The zero-order chi connectivity index (χ0) is 21.8. The Balaban J connectivity index is 1.51. The first-order valence-electron chi connectivity index (χ1n) is 9.62.